The van der Waals surface area contributed by atoms with Crippen LogP contribution in [0.4, 0.5) is 10.1 Å². The first-order valence-corrected chi connectivity index (χ1v) is 12.1. The molecule has 34 heavy (non-hydrogen) atoms. The number of rotatable bonds is 7. The van der Waals surface area contributed by atoms with E-state index in [2.05, 4.69) is 10.4 Å². The second-order valence-corrected chi connectivity index (χ2v) is 9.66. The van der Waals surface area contributed by atoms with Gasteiger partial charge in [0.25, 0.3) is 0 Å². The smallest absolute Gasteiger partial charge is 0.248 e. The van der Waals surface area contributed by atoms with Crippen molar-refractivity contribution in [2.24, 2.45) is 7.05 Å². The molecule has 3 aromatic carbocycles. The minimum atomic E-state index is -3.44. The van der Waals surface area contributed by atoms with E-state index in [0.717, 1.165) is 11.3 Å². The van der Waals surface area contributed by atoms with E-state index >= 15 is 0 Å². The number of nitrogens with zero attached hydrogens (tertiary/aromatic N) is 2. The van der Waals surface area contributed by atoms with Crippen LogP contribution in [-0.4, -0.2) is 24.1 Å². The van der Waals surface area contributed by atoms with Crippen molar-refractivity contribution in [1.82, 2.24) is 9.78 Å². The van der Waals surface area contributed by atoms with E-state index in [4.69, 9.17) is 0 Å². The van der Waals surface area contributed by atoms with Gasteiger partial charge in [0.1, 0.15) is 5.82 Å². The van der Waals surface area contributed by atoms with Gasteiger partial charge in [-0.2, -0.15) is 5.10 Å². The first kappa shape index (κ1) is 23.1. The average molecular weight is 476 g/mol. The van der Waals surface area contributed by atoms with Gasteiger partial charge in [0.2, 0.25) is 5.91 Å². The maximum Gasteiger partial charge on any atom is 0.248 e. The molecule has 0 atom stereocenters. The first-order chi connectivity index (χ1) is 16.3. The molecule has 172 valence electrons. The molecule has 0 aliphatic heterocycles. The lowest BCUT2D eigenvalue weighted by Crippen LogP contribution is -2.08. The highest BCUT2D eigenvalue weighted by Crippen LogP contribution is 2.24. The normalized spacial score (nSPS) is 11.6. The van der Waals surface area contributed by atoms with E-state index < -0.39 is 9.84 Å². The van der Waals surface area contributed by atoms with Crippen LogP contribution in [0.15, 0.2) is 96.0 Å². The van der Waals surface area contributed by atoms with Crippen LogP contribution in [0.5, 0.6) is 0 Å². The number of hydrogen-bond acceptors (Lipinski definition) is 4. The van der Waals surface area contributed by atoms with Crippen LogP contribution in [0, 0.1) is 5.82 Å². The fourth-order valence-electron chi connectivity index (χ4n) is 3.50. The summed E-state index contributed by atoms with van der Waals surface area (Å²) in [6.45, 7) is 0. The second-order valence-electron chi connectivity index (χ2n) is 7.67. The Morgan fingerprint density at radius 1 is 1.00 bits per heavy atom. The van der Waals surface area contributed by atoms with Crippen molar-refractivity contribution >= 4 is 27.5 Å². The molecule has 0 radical (unpaired) electrons. The molecule has 0 spiro atoms. The molecule has 4 rings (SSSR count). The van der Waals surface area contributed by atoms with Crippen molar-refractivity contribution in [3.05, 3.63) is 108 Å². The zero-order chi connectivity index (χ0) is 24.1. The van der Waals surface area contributed by atoms with E-state index in [-0.39, 0.29) is 22.4 Å². The van der Waals surface area contributed by atoms with Crippen LogP contribution >= 0.6 is 0 Å². The summed E-state index contributed by atoms with van der Waals surface area (Å²) < 4.78 is 40.0. The fraction of sp³-hybridized carbons (Fsp3) is 0.0769. The summed E-state index contributed by atoms with van der Waals surface area (Å²) in [7, 11) is -1.67. The van der Waals surface area contributed by atoms with E-state index in [1.807, 2.05) is 0 Å². The lowest BCUT2D eigenvalue weighted by molar-refractivity contribution is -0.111. The molecular weight excluding hydrogens is 453 g/mol. The first-order valence-electron chi connectivity index (χ1n) is 10.5. The highest BCUT2D eigenvalue weighted by atomic mass is 32.2. The quantitative estimate of drug-likeness (QED) is 0.388. The lowest BCUT2D eigenvalue weighted by atomic mass is 10.1. The maximum atomic E-state index is 13.3. The van der Waals surface area contributed by atoms with Gasteiger partial charge in [0, 0.05) is 29.9 Å². The van der Waals surface area contributed by atoms with Gasteiger partial charge in [-0.1, -0.05) is 30.3 Å². The lowest BCUT2D eigenvalue weighted by Gasteiger charge is -2.07. The van der Waals surface area contributed by atoms with Gasteiger partial charge in [-0.25, -0.2) is 12.8 Å². The summed E-state index contributed by atoms with van der Waals surface area (Å²) in [6, 6.07) is 21.0. The van der Waals surface area contributed by atoms with Gasteiger partial charge < -0.3 is 5.32 Å². The van der Waals surface area contributed by atoms with E-state index in [0.29, 0.717) is 16.8 Å². The molecule has 0 fully saturated rings. The highest BCUT2D eigenvalue weighted by molar-refractivity contribution is 7.90. The minimum Gasteiger partial charge on any atom is -0.323 e. The Kier molecular flexibility index (Phi) is 6.70. The summed E-state index contributed by atoms with van der Waals surface area (Å²) in [5.41, 5.74) is 3.42. The molecule has 0 aliphatic carbocycles. The molecule has 1 aromatic heterocycles. The zero-order valence-corrected chi connectivity index (χ0v) is 19.2. The third-order valence-corrected chi connectivity index (χ3v) is 6.88. The Bertz CT molecular complexity index is 1430. The molecule has 6 nitrogen and oxygen atoms in total. The van der Waals surface area contributed by atoms with Crippen molar-refractivity contribution in [2.75, 3.05) is 5.32 Å². The number of amides is 1. The van der Waals surface area contributed by atoms with Crippen LogP contribution in [0.1, 0.15) is 11.1 Å². The highest BCUT2D eigenvalue weighted by Gasteiger charge is 2.15. The van der Waals surface area contributed by atoms with Crippen molar-refractivity contribution < 1.29 is 17.6 Å². The van der Waals surface area contributed by atoms with Gasteiger partial charge in [-0.05, 0) is 60.2 Å². The number of aryl methyl sites for hydroxylation is 1. The van der Waals surface area contributed by atoms with E-state index in [1.165, 1.54) is 18.2 Å². The Labute approximate surface area is 197 Å². The number of aromatic nitrogens is 2. The number of carbonyl (C=O) groups is 1. The SMILES string of the molecule is Cn1ncc(C=CC(=O)Nc2ccc(CS(=O)(=O)c3ccccc3)cc2)c1-c1ccc(F)cc1. The number of benzene rings is 3. The van der Waals surface area contributed by atoms with Crippen LogP contribution in [0.3, 0.4) is 0 Å². The zero-order valence-electron chi connectivity index (χ0n) is 18.4. The second kappa shape index (κ2) is 9.84. The number of anilines is 1. The molecule has 8 heteroatoms. The summed E-state index contributed by atoms with van der Waals surface area (Å²) in [6.07, 6.45) is 4.66. The number of carbonyl (C=O) groups excluding carboxylic acids is 1. The van der Waals surface area contributed by atoms with E-state index in [1.54, 1.807) is 90.7 Å². The summed E-state index contributed by atoms with van der Waals surface area (Å²) >= 11 is 0. The molecule has 0 aliphatic rings. The van der Waals surface area contributed by atoms with Crippen molar-refractivity contribution in [3.8, 4) is 11.3 Å². The predicted molar refractivity (Wildman–Crippen MR) is 130 cm³/mol. The minimum absolute atomic E-state index is 0.127. The molecule has 1 amide bonds. The van der Waals surface area contributed by atoms with Crippen molar-refractivity contribution in [1.29, 1.82) is 0 Å². The van der Waals surface area contributed by atoms with Gasteiger partial charge >= 0.3 is 0 Å². The third kappa shape index (κ3) is 5.47. The average Bonchev–Trinajstić information content (AvgIpc) is 3.20. The number of sulfone groups is 1. The number of hydrogen-bond donors (Lipinski definition) is 1. The monoisotopic (exact) mass is 475 g/mol. The fourth-order valence-corrected chi connectivity index (χ4v) is 4.87. The summed E-state index contributed by atoms with van der Waals surface area (Å²) in [5.74, 6) is -0.803. The van der Waals surface area contributed by atoms with Gasteiger partial charge in [0.15, 0.2) is 9.84 Å². The summed E-state index contributed by atoms with van der Waals surface area (Å²) in [4.78, 5) is 12.7. The van der Waals surface area contributed by atoms with Crippen LogP contribution in [0.25, 0.3) is 17.3 Å². The topological polar surface area (TPSA) is 81.1 Å². The van der Waals surface area contributed by atoms with Gasteiger partial charge in [-0.15, -0.1) is 0 Å². The van der Waals surface area contributed by atoms with Crippen LogP contribution in [0.2, 0.25) is 0 Å². The van der Waals surface area contributed by atoms with Crippen molar-refractivity contribution in [2.45, 2.75) is 10.6 Å². The molecule has 0 unspecified atom stereocenters. The van der Waals surface area contributed by atoms with Crippen LogP contribution in [-0.2, 0) is 27.4 Å². The van der Waals surface area contributed by atoms with Gasteiger partial charge in [0.05, 0.1) is 22.5 Å². The molecular formula is C26H22FN3O3S. The number of halogens is 1. The maximum absolute atomic E-state index is 13.3. The standard InChI is InChI=1S/C26H22FN3O3S/c1-30-26(20-9-12-22(27)13-10-20)21(17-28-30)11-16-25(31)29-23-14-7-19(8-15-23)18-34(32,33)24-5-3-2-4-6-24/h2-17H,18H2,1H3,(H,29,31). The largest absolute Gasteiger partial charge is 0.323 e. The molecule has 0 saturated heterocycles. The molecule has 1 N–H and O–H groups in total. The van der Waals surface area contributed by atoms with E-state index in [9.17, 15) is 17.6 Å². The van der Waals surface area contributed by atoms with Crippen LogP contribution < -0.4 is 5.32 Å². The molecule has 1 heterocycles. The molecule has 0 saturated carbocycles. The Morgan fingerprint density at radius 2 is 1.68 bits per heavy atom. The Balaban J connectivity index is 1.42. The Hall–Kier alpha value is -4.04. The van der Waals surface area contributed by atoms with Crippen molar-refractivity contribution in [3.63, 3.8) is 0 Å². The summed E-state index contributed by atoms with van der Waals surface area (Å²) in [5, 5.41) is 6.98. The molecule has 0 bridgehead atoms. The van der Waals surface area contributed by atoms with Gasteiger partial charge in [-0.3, -0.25) is 9.48 Å². The third-order valence-electron chi connectivity index (χ3n) is 5.18. The Morgan fingerprint density at radius 3 is 2.35 bits per heavy atom. The number of nitrogens with one attached hydrogen (secondary N) is 1. The molecule has 4 aromatic rings. The predicted octanol–water partition coefficient (Wildman–Crippen LogP) is 4.85.